The van der Waals surface area contributed by atoms with Gasteiger partial charge in [0.25, 0.3) is 11.8 Å². The molecule has 0 atom stereocenters. The average Bonchev–Trinajstić information content (AvgIpc) is 3.57. The van der Waals surface area contributed by atoms with Crippen LogP contribution in [0.2, 0.25) is 10.0 Å². The minimum atomic E-state index is -0.564. The number of nitrogens with one attached hydrogen (secondary N) is 3. The SMILES string of the molecule is COc1ccc(-c2csc(NC(=O)CSc3ccc(NC(=O)/C(=C/c4cccc(Cl)c4Cl)NC(=O)c4ccccc4)cc3)n2)cc1OC. The Labute approximate surface area is 295 Å². The van der Waals surface area contributed by atoms with Gasteiger partial charge in [0.1, 0.15) is 5.70 Å². The second-order valence-electron chi connectivity index (χ2n) is 9.94. The summed E-state index contributed by atoms with van der Waals surface area (Å²) in [5.41, 5.74) is 2.83. The molecule has 48 heavy (non-hydrogen) atoms. The molecule has 244 valence electrons. The minimum absolute atomic E-state index is 0.0281. The highest BCUT2D eigenvalue weighted by Crippen LogP contribution is 2.34. The van der Waals surface area contributed by atoms with Crippen LogP contribution in [0.1, 0.15) is 15.9 Å². The van der Waals surface area contributed by atoms with E-state index in [0.29, 0.717) is 44.2 Å². The van der Waals surface area contributed by atoms with Crippen molar-refractivity contribution in [2.24, 2.45) is 0 Å². The molecule has 5 rings (SSSR count). The van der Waals surface area contributed by atoms with E-state index >= 15 is 0 Å². The number of aromatic nitrogens is 1. The number of carbonyl (C=O) groups excluding carboxylic acids is 3. The van der Waals surface area contributed by atoms with Crippen molar-refractivity contribution in [3.63, 3.8) is 0 Å². The van der Waals surface area contributed by atoms with Crippen LogP contribution in [0.15, 0.2) is 107 Å². The summed E-state index contributed by atoms with van der Waals surface area (Å²) in [6, 6.07) is 26.0. The maximum Gasteiger partial charge on any atom is 0.272 e. The second kappa shape index (κ2) is 16.3. The maximum atomic E-state index is 13.4. The molecule has 0 aliphatic carbocycles. The fourth-order valence-corrected chi connectivity index (χ4v) is 6.12. The standard InChI is InChI=1S/C35H28Cl2N4O5S2/c1-45-29-16-11-22(18-30(29)46-2)28-19-48-35(40-28)41-31(42)20-47-25-14-12-24(13-15-25)38-34(44)27(17-23-9-6-10-26(36)32(23)37)39-33(43)21-7-4-3-5-8-21/h3-19H,20H2,1-2H3,(H,38,44)(H,39,43)(H,40,41,42)/b27-17-. The van der Waals surface area contributed by atoms with Gasteiger partial charge in [0.15, 0.2) is 16.6 Å². The number of nitrogens with zero attached hydrogens (tertiary/aromatic N) is 1. The highest BCUT2D eigenvalue weighted by molar-refractivity contribution is 8.00. The Hall–Kier alpha value is -4.81. The van der Waals surface area contributed by atoms with E-state index in [0.717, 1.165) is 10.5 Å². The van der Waals surface area contributed by atoms with Gasteiger partial charge in [0.05, 0.1) is 35.7 Å². The molecule has 0 radical (unpaired) electrons. The molecule has 1 heterocycles. The molecular weight excluding hydrogens is 691 g/mol. The van der Waals surface area contributed by atoms with Crippen LogP contribution in [0.25, 0.3) is 17.3 Å². The third-order valence-electron chi connectivity index (χ3n) is 6.72. The van der Waals surface area contributed by atoms with Gasteiger partial charge in [-0.3, -0.25) is 14.4 Å². The Morgan fingerprint density at radius 3 is 2.35 bits per heavy atom. The van der Waals surface area contributed by atoms with Crippen LogP contribution in [-0.4, -0.2) is 42.7 Å². The fourth-order valence-electron chi connectivity index (χ4n) is 4.33. The zero-order valence-corrected chi connectivity index (χ0v) is 28.7. The van der Waals surface area contributed by atoms with Crippen molar-refractivity contribution in [2.45, 2.75) is 4.90 Å². The lowest BCUT2D eigenvalue weighted by Crippen LogP contribution is -2.30. The van der Waals surface area contributed by atoms with Crippen molar-refractivity contribution in [3.8, 4) is 22.8 Å². The van der Waals surface area contributed by atoms with E-state index < -0.39 is 11.8 Å². The van der Waals surface area contributed by atoms with E-state index in [1.54, 1.807) is 93.1 Å². The molecule has 4 aromatic carbocycles. The number of carbonyl (C=O) groups is 3. The predicted octanol–water partition coefficient (Wildman–Crippen LogP) is 8.27. The Kier molecular flexibility index (Phi) is 11.8. The molecule has 0 saturated heterocycles. The van der Waals surface area contributed by atoms with Crippen molar-refractivity contribution in [3.05, 3.63) is 123 Å². The lowest BCUT2D eigenvalue weighted by molar-refractivity contribution is -0.114. The topological polar surface area (TPSA) is 119 Å². The van der Waals surface area contributed by atoms with Crippen LogP contribution in [0, 0.1) is 0 Å². The van der Waals surface area contributed by atoms with Gasteiger partial charge in [0.2, 0.25) is 5.91 Å². The van der Waals surface area contributed by atoms with Crippen molar-refractivity contribution < 1.29 is 23.9 Å². The number of methoxy groups -OCH3 is 2. The first-order valence-electron chi connectivity index (χ1n) is 14.3. The first-order chi connectivity index (χ1) is 23.2. The van der Waals surface area contributed by atoms with Crippen LogP contribution in [-0.2, 0) is 9.59 Å². The van der Waals surface area contributed by atoms with E-state index in [1.807, 2.05) is 17.5 Å². The molecular formula is C35H28Cl2N4O5S2. The maximum absolute atomic E-state index is 13.4. The van der Waals surface area contributed by atoms with Gasteiger partial charge in [0, 0.05) is 27.1 Å². The molecule has 0 bridgehead atoms. The number of ether oxygens (including phenoxy) is 2. The number of anilines is 2. The molecule has 0 unspecified atom stereocenters. The van der Waals surface area contributed by atoms with E-state index in [2.05, 4.69) is 20.9 Å². The Balaban J connectivity index is 1.19. The molecule has 9 nitrogen and oxygen atoms in total. The van der Waals surface area contributed by atoms with Crippen LogP contribution in [0.5, 0.6) is 11.5 Å². The van der Waals surface area contributed by atoms with E-state index in [4.69, 9.17) is 32.7 Å². The monoisotopic (exact) mass is 718 g/mol. The largest absolute Gasteiger partial charge is 0.493 e. The van der Waals surface area contributed by atoms with Crippen LogP contribution in [0.3, 0.4) is 0 Å². The van der Waals surface area contributed by atoms with E-state index in [1.165, 1.54) is 29.2 Å². The average molecular weight is 720 g/mol. The first kappa shape index (κ1) is 34.5. The summed E-state index contributed by atoms with van der Waals surface area (Å²) in [4.78, 5) is 44.3. The number of amides is 3. The molecule has 5 aromatic rings. The third kappa shape index (κ3) is 8.96. The summed E-state index contributed by atoms with van der Waals surface area (Å²) in [5, 5.41) is 11.2. The summed E-state index contributed by atoms with van der Waals surface area (Å²) in [5.74, 6) is 0.112. The number of rotatable bonds is 12. The molecule has 0 spiro atoms. The highest BCUT2D eigenvalue weighted by atomic mass is 35.5. The van der Waals surface area contributed by atoms with Crippen LogP contribution in [0.4, 0.5) is 10.8 Å². The van der Waals surface area contributed by atoms with Crippen molar-refractivity contribution in [2.75, 3.05) is 30.6 Å². The fraction of sp³-hybridized carbons (Fsp3) is 0.0857. The smallest absolute Gasteiger partial charge is 0.272 e. The Morgan fingerprint density at radius 1 is 0.875 bits per heavy atom. The first-order valence-corrected chi connectivity index (χ1v) is 16.9. The van der Waals surface area contributed by atoms with E-state index in [-0.39, 0.29) is 22.4 Å². The van der Waals surface area contributed by atoms with Crippen molar-refractivity contribution in [1.82, 2.24) is 10.3 Å². The van der Waals surface area contributed by atoms with Gasteiger partial charge in [-0.1, -0.05) is 53.5 Å². The Morgan fingerprint density at radius 2 is 1.62 bits per heavy atom. The summed E-state index contributed by atoms with van der Waals surface area (Å²) in [6.07, 6.45) is 1.46. The number of hydrogen-bond acceptors (Lipinski definition) is 8. The lowest BCUT2D eigenvalue weighted by Gasteiger charge is -2.12. The zero-order chi connectivity index (χ0) is 34.0. The predicted molar refractivity (Wildman–Crippen MR) is 193 cm³/mol. The Bertz CT molecular complexity index is 1970. The van der Waals surface area contributed by atoms with Gasteiger partial charge >= 0.3 is 0 Å². The lowest BCUT2D eigenvalue weighted by atomic mass is 10.1. The van der Waals surface area contributed by atoms with E-state index in [9.17, 15) is 14.4 Å². The summed E-state index contributed by atoms with van der Waals surface area (Å²) in [6.45, 7) is 0. The van der Waals surface area contributed by atoms with Gasteiger partial charge < -0.3 is 25.4 Å². The van der Waals surface area contributed by atoms with Crippen LogP contribution >= 0.6 is 46.3 Å². The number of thiazole rings is 1. The summed E-state index contributed by atoms with van der Waals surface area (Å²) in [7, 11) is 3.14. The summed E-state index contributed by atoms with van der Waals surface area (Å²) >= 11 is 15.2. The van der Waals surface area contributed by atoms with Crippen LogP contribution < -0.4 is 25.4 Å². The molecule has 0 fully saturated rings. The summed E-state index contributed by atoms with van der Waals surface area (Å²) < 4.78 is 10.7. The third-order valence-corrected chi connectivity index (χ3v) is 9.33. The molecule has 13 heteroatoms. The molecule has 3 amide bonds. The normalized spacial score (nSPS) is 11.0. The van der Waals surface area contributed by atoms with Crippen molar-refractivity contribution in [1.29, 1.82) is 0 Å². The molecule has 1 aromatic heterocycles. The molecule has 0 aliphatic heterocycles. The van der Waals surface area contributed by atoms with Gasteiger partial charge in [-0.05, 0) is 72.3 Å². The second-order valence-corrected chi connectivity index (χ2v) is 12.6. The number of thioether (sulfide) groups is 1. The highest BCUT2D eigenvalue weighted by Gasteiger charge is 2.17. The molecule has 3 N–H and O–H groups in total. The zero-order valence-electron chi connectivity index (χ0n) is 25.6. The number of hydrogen-bond donors (Lipinski definition) is 3. The van der Waals surface area contributed by atoms with Crippen molar-refractivity contribution >= 4 is 80.9 Å². The minimum Gasteiger partial charge on any atom is -0.493 e. The molecule has 0 saturated carbocycles. The van der Waals surface area contributed by atoms with Gasteiger partial charge in [-0.15, -0.1) is 23.1 Å². The van der Waals surface area contributed by atoms with Gasteiger partial charge in [-0.25, -0.2) is 4.98 Å². The van der Waals surface area contributed by atoms with Gasteiger partial charge in [-0.2, -0.15) is 0 Å². The molecule has 0 aliphatic rings. The quantitative estimate of drug-likeness (QED) is 0.0878. The number of benzene rings is 4. The number of halogens is 2.